The number of nitrogens with one attached hydrogen (secondary N) is 2. The van der Waals surface area contributed by atoms with Gasteiger partial charge in [0, 0.05) is 17.2 Å². The zero-order valence-electron chi connectivity index (χ0n) is 17.3. The van der Waals surface area contributed by atoms with Crippen LogP contribution in [0.4, 0.5) is 11.6 Å². The first kappa shape index (κ1) is 21.6. The van der Waals surface area contributed by atoms with Crippen LogP contribution >= 0.6 is 0 Å². The molecule has 0 radical (unpaired) electrons. The van der Waals surface area contributed by atoms with Crippen LogP contribution in [-0.2, 0) is 15.0 Å². The number of amides is 2. The Kier molecular flexibility index (Phi) is 7.34. The predicted molar refractivity (Wildman–Crippen MR) is 110 cm³/mol. The number of nitrogens with zero attached hydrogens (tertiary/aromatic N) is 2. The van der Waals surface area contributed by atoms with Crippen molar-refractivity contribution in [3.05, 3.63) is 41.6 Å². The van der Waals surface area contributed by atoms with Crippen molar-refractivity contribution in [2.75, 3.05) is 30.3 Å². The van der Waals surface area contributed by atoms with Crippen molar-refractivity contribution in [1.29, 1.82) is 0 Å². The first-order valence-electron chi connectivity index (χ1n) is 9.54. The van der Waals surface area contributed by atoms with E-state index in [1.54, 1.807) is 6.07 Å². The number of benzene rings is 1. The van der Waals surface area contributed by atoms with E-state index in [0.29, 0.717) is 12.4 Å². The number of hydrogen-bond acceptors (Lipinski definition) is 5. The summed E-state index contributed by atoms with van der Waals surface area (Å²) in [6.07, 6.45) is 0.835. The monoisotopic (exact) mass is 386 g/mol. The molecule has 0 aliphatic rings. The van der Waals surface area contributed by atoms with E-state index >= 15 is 0 Å². The number of carbonyl (C=O) groups excluding carboxylic acids is 2. The highest BCUT2D eigenvalue weighted by molar-refractivity contribution is 5.94. The van der Waals surface area contributed by atoms with E-state index in [9.17, 15) is 9.59 Å². The molecular weight excluding hydrogens is 356 g/mol. The van der Waals surface area contributed by atoms with Crippen molar-refractivity contribution in [2.24, 2.45) is 0 Å². The van der Waals surface area contributed by atoms with Gasteiger partial charge in [-0.2, -0.15) is 0 Å². The van der Waals surface area contributed by atoms with Crippen molar-refractivity contribution in [3.8, 4) is 0 Å². The Hall–Kier alpha value is -2.67. The largest absolute Gasteiger partial charge is 0.338 e. The second-order valence-corrected chi connectivity index (χ2v) is 7.95. The molecule has 0 unspecified atom stereocenters. The fraction of sp³-hybridized carbons (Fsp3) is 0.476. The smallest absolute Gasteiger partial charge is 0.240 e. The van der Waals surface area contributed by atoms with Gasteiger partial charge in [-0.25, -0.2) is 0 Å². The maximum atomic E-state index is 12.4. The summed E-state index contributed by atoms with van der Waals surface area (Å²) in [7, 11) is 0. The van der Waals surface area contributed by atoms with Crippen LogP contribution in [0.5, 0.6) is 0 Å². The number of rotatable bonds is 8. The molecule has 1 aromatic carbocycles. The molecule has 0 aliphatic carbocycles. The minimum Gasteiger partial charge on any atom is -0.338 e. The topological polar surface area (TPSA) is 87.5 Å². The molecule has 28 heavy (non-hydrogen) atoms. The molecule has 0 bridgehead atoms. The molecule has 7 nitrogen and oxygen atoms in total. The molecule has 0 saturated heterocycles. The SMILES string of the molecule is CCCN(CC(=O)Nc1cc(C(C)(C)C)no1)CC(=O)Nc1ccccc1C. The van der Waals surface area contributed by atoms with Crippen LogP contribution in [0.2, 0.25) is 0 Å². The lowest BCUT2D eigenvalue weighted by Crippen LogP contribution is -2.39. The van der Waals surface area contributed by atoms with Gasteiger partial charge in [0.15, 0.2) is 0 Å². The highest BCUT2D eigenvalue weighted by atomic mass is 16.5. The van der Waals surface area contributed by atoms with Crippen LogP contribution in [-0.4, -0.2) is 41.5 Å². The van der Waals surface area contributed by atoms with Gasteiger partial charge in [-0.15, -0.1) is 0 Å². The number of aromatic nitrogens is 1. The van der Waals surface area contributed by atoms with Crippen LogP contribution in [0.1, 0.15) is 45.4 Å². The molecule has 152 valence electrons. The molecule has 2 rings (SSSR count). The maximum absolute atomic E-state index is 12.4. The summed E-state index contributed by atoms with van der Waals surface area (Å²) in [6.45, 7) is 10.9. The molecule has 0 atom stereocenters. The number of carbonyl (C=O) groups is 2. The second-order valence-electron chi connectivity index (χ2n) is 7.95. The number of aryl methyl sites for hydroxylation is 1. The Morgan fingerprint density at radius 3 is 2.32 bits per heavy atom. The Labute approximate surface area is 166 Å². The summed E-state index contributed by atoms with van der Waals surface area (Å²) in [5.41, 5.74) is 2.39. The van der Waals surface area contributed by atoms with Gasteiger partial charge in [-0.1, -0.05) is 51.1 Å². The Balaban J connectivity index is 1.92. The normalized spacial score (nSPS) is 11.5. The van der Waals surface area contributed by atoms with E-state index in [4.69, 9.17) is 4.52 Å². The molecular formula is C21H30N4O3. The van der Waals surface area contributed by atoms with Gasteiger partial charge in [-0.3, -0.25) is 19.8 Å². The van der Waals surface area contributed by atoms with Crippen LogP contribution in [0.3, 0.4) is 0 Å². The summed E-state index contributed by atoms with van der Waals surface area (Å²) in [6, 6.07) is 9.33. The van der Waals surface area contributed by atoms with Crippen molar-refractivity contribution < 1.29 is 14.1 Å². The van der Waals surface area contributed by atoms with Crippen LogP contribution < -0.4 is 10.6 Å². The lowest BCUT2D eigenvalue weighted by atomic mass is 9.92. The predicted octanol–water partition coefficient (Wildman–Crippen LogP) is 3.57. The quantitative estimate of drug-likeness (QED) is 0.724. The summed E-state index contributed by atoms with van der Waals surface area (Å²) in [5, 5.41) is 9.61. The van der Waals surface area contributed by atoms with Crippen LogP contribution in [0.15, 0.2) is 34.9 Å². The van der Waals surface area contributed by atoms with E-state index in [0.717, 1.165) is 23.4 Å². The molecule has 0 spiro atoms. The standard InChI is InChI=1S/C21H30N4O3/c1-6-11-25(13-18(26)22-16-10-8-7-9-15(16)2)14-19(27)23-20-12-17(24-28-20)21(3,4)5/h7-10,12H,6,11,13-14H2,1-5H3,(H,22,26)(H,23,27). The first-order chi connectivity index (χ1) is 13.2. The molecule has 0 saturated carbocycles. The lowest BCUT2D eigenvalue weighted by Gasteiger charge is -2.20. The summed E-state index contributed by atoms with van der Waals surface area (Å²) >= 11 is 0. The zero-order valence-corrected chi connectivity index (χ0v) is 17.3. The number of hydrogen-bond donors (Lipinski definition) is 2. The minimum atomic E-state index is -0.242. The average Bonchev–Trinajstić information content (AvgIpc) is 3.05. The summed E-state index contributed by atoms with van der Waals surface area (Å²) in [5.74, 6) is -0.0743. The molecule has 0 aliphatic heterocycles. The third-order valence-electron chi connectivity index (χ3n) is 4.23. The van der Waals surface area contributed by atoms with Gasteiger partial charge >= 0.3 is 0 Å². The van der Waals surface area contributed by atoms with Crippen LogP contribution in [0.25, 0.3) is 0 Å². The summed E-state index contributed by atoms with van der Waals surface area (Å²) < 4.78 is 5.20. The van der Waals surface area contributed by atoms with Gasteiger partial charge in [0.25, 0.3) is 0 Å². The van der Waals surface area contributed by atoms with Gasteiger partial charge in [0.2, 0.25) is 17.7 Å². The Morgan fingerprint density at radius 1 is 1.11 bits per heavy atom. The fourth-order valence-electron chi connectivity index (χ4n) is 2.70. The molecule has 2 aromatic rings. The van der Waals surface area contributed by atoms with Gasteiger partial charge in [0.1, 0.15) is 0 Å². The molecule has 7 heteroatoms. The van der Waals surface area contributed by atoms with Gasteiger partial charge < -0.3 is 9.84 Å². The molecule has 0 fully saturated rings. The summed E-state index contributed by atoms with van der Waals surface area (Å²) in [4.78, 5) is 26.6. The Morgan fingerprint density at radius 2 is 1.75 bits per heavy atom. The highest BCUT2D eigenvalue weighted by Crippen LogP contribution is 2.23. The third kappa shape index (κ3) is 6.49. The van der Waals surface area contributed by atoms with E-state index in [2.05, 4.69) is 15.8 Å². The molecule has 1 aromatic heterocycles. The second kappa shape index (κ2) is 9.50. The highest BCUT2D eigenvalue weighted by Gasteiger charge is 2.20. The number of para-hydroxylation sites is 1. The van der Waals surface area contributed by atoms with E-state index in [1.807, 2.05) is 63.8 Å². The van der Waals surface area contributed by atoms with Gasteiger partial charge in [-0.05, 0) is 31.5 Å². The van der Waals surface area contributed by atoms with Crippen molar-refractivity contribution in [1.82, 2.24) is 10.1 Å². The molecule has 2 N–H and O–H groups in total. The maximum Gasteiger partial charge on any atom is 0.240 e. The Bertz CT molecular complexity index is 808. The minimum absolute atomic E-state index is 0.0978. The van der Waals surface area contributed by atoms with Crippen molar-refractivity contribution in [2.45, 2.75) is 46.5 Å². The van der Waals surface area contributed by atoms with E-state index < -0.39 is 0 Å². The van der Waals surface area contributed by atoms with Crippen molar-refractivity contribution >= 4 is 23.4 Å². The zero-order chi connectivity index (χ0) is 20.7. The average molecular weight is 386 g/mol. The molecule has 1 heterocycles. The van der Waals surface area contributed by atoms with Gasteiger partial charge in [0.05, 0.1) is 18.8 Å². The lowest BCUT2D eigenvalue weighted by molar-refractivity contribution is -0.120. The van der Waals surface area contributed by atoms with Crippen molar-refractivity contribution in [3.63, 3.8) is 0 Å². The fourth-order valence-corrected chi connectivity index (χ4v) is 2.70. The third-order valence-corrected chi connectivity index (χ3v) is 4.23. The number of anilines is 2. The van der Waals surface area contributed by atoms with Crippen LogP contribution in [0, 0.1) is 6.92 Å². The molecule has 2 amide bonds. The van der Waals surface area contributed by atoms with E-state index in [-0.39, 0.29) is 30.3 Å². The van der Waals surface area contributed by atoms with E-state index in [1.165, 1.54) is 0 Å². The first-order valence-corrected chi connectivity index (χ1v) is 9.54.